The minimum Gasteiger partial charge on any atom is -0.458 e. The number of hydrogen-bond donors (Lipinski definition) is 1. The Hall–Kier alpha value is -4.90. The Bertz CT molecular complexity index is 1830. The van der Waals surface area contributed by atoms with E-state index in [-0.39, 0.29) is 24.6 Å². The number of tetrazole rings is 1. The van der Waals surface area contributed by atoms with Crippen LogP contribution in [0.25, 0.3) is 28.0 Å². The maximum absolute atomic E-state index is 13.4. The third-order valence-electron chi connectivity index (χ3n) is 7.13. The van der Waals surface area contributed by atoms with Gasteiger partial charge in [-0.3, -0.25) is 4.79 Å². The zero-order chi connectivity index (χ0) is 26.0. The number of esters is 1. The highest BCUT2D eigenvalue weighted by Crippen LogP contribution is 2.39. The molecule has 5 aromatic rings. The molecule has 2 aliphatic rings. The molecular formula is C27H20N6O5. The summed E-state index contributed by atoms with van der Waals surface area (Å²) in [5, 5.41) is 23.6. The number of benzene rings is 2. The predicted octanol–water partition coefficient (Wildman–Crippen LogP) is 2.85. The molecule has 0 unspecified atom stereocenters. The second kappa shape index (κ2) is 8.05. The van der Waals surface area contributed by atoms with Crippen LogP contribution in [0.3, 0.4) is 0 Å². The first kappa shape index (κ1) is 22.3. The maximum atomic E-state index is 13.4. The van der Waals surface area contributed by atoms with Crippen LogP contribution in [0.15, 0.2) is 65.5 Å². The van der Waals surface area contributed by atoms with Crippen LogP contribution in [0.2, 0.25) is 0 Å². The number of para-hydroxylation sites is 1. The van der Waals surface area contributed by atoms with E-state index >= 15 is 0 Å². The summed E-state index contributed by atoms with van der Waals surface area (Å²) in [6.45, 7) is 1.83. The van der Waals surface area contributed by atoms with Crippen LogP contribution in [-0.2, 0) is 28.3 Å². The van der Waals surface area contributed by atoms with Crippen LogP contribution < -0.4 is 10.3 Å². The lowest BCUT2D eigenvalue weighted by molar-refractivity contribution is -0.172. The number of carbonyl (C=O) groups is 1. The quantitative estimate of drug-likeness (QED) is 0.357. The highest BCUT2D eigenvalue weighted by atomic mass is 16.6. The fourth-order valence-electron chi connectivity index (χ4n) is 5.11. The zero-order valence-electron chi connectivity index (χ0n) is 20.2. The number of rotatable bonds is 4. The number of hydrogen-bond acceptors (Lipinski definition) is 9. The van der Waals surface area contributed by atoms with Crippen LogP contribution in [0.1, 0.15) is 30.0 Å². The van der Waals surface area contributed by atoms with Crippen molar-refractivity contribution >= 4 is 16.9 Å². The number of pyridine rings is 2. The summed E-state index contributed by atoms with van der Waals surface area (Å²) in [5.74, 6) is -0.217. The maximum Gasteiger partial charge on any atom is 0.345 e. The van der Waals surface area contributed by atoms with Gasteiger partial charge >= 0.3 is 12.0 Å². The molecule has 0 spiro atoms. The SMILES string of the molecule is CC[C@@]1(O)C(=O)OCc2c1cc1n(c2=O)Cc2cc3cc(Oc4nnnn4-c4ccccc4)ccc3nc2-1. The van der Waals surface area contributed by atoms with Crippen molar-refractivity contribution in [2.45, 2.75) is 32.1 Å². The average molecular weight is 508 g/mol. The summed E-state index contributed by atoms with van der Waals surface area (Å²) in [4.78, 5) is 30.5. The summed E-state index contributed by atoms with van der Waals surface area (Å²) in [5.41, 5.74) is 1.94. The average Bonchev–Trinajstić information content (AvgIpc) is 3.55. The number of aromatic nitrogens is 6. The lowest BCUT2D eigenvalue weighted by Gasteiger charge is -2.31. The summed E-state index contributed by atoms with van der Waals surface area (Å²) in [6, 6.07) is 18.7. The predicted molar refractivity (Wildman–Crippen MR) is 134 cm³/mol. The molecule has 7 rings (SSSR count). The molecule has 3 aromatic heterocycles. The minimum absolute atomic E-state index is 0.0933. The second-order valence-corrected chi connectivity index (χ2v) is 9.26. The van der Waals surface area contributed by atoms with Gasteiger partial charge in [0.2, 0.25) is 0 Å². The molecule has 0 aliphatic carbocycles. The Labute approximate surface area is 214 Å². The molecule has 0 saturated heterocycles. The second-order valence-electron chi connectivity index (χ2n) is 9.26. The Kier molecular flexibility index (Phi) is 4.73. The van der Waals surface area contributed by atoms with E-state index in [1.165, 1.54) is 4.68 Å². The van der Waals surface area contributed by atoms with Gasteiger partial charge < -0.3 is 19.1 Å². The Morgan fingerprint density at radius 3 is 2.76 bits per heavy atom. The molecule has 0 amide bonds. The summed E-state index contributed by atoms with van der Waals surface area (Å²) in [6.07, 6.45) is 0.0933. The molecule has 2 aromatic carbocycles. The van der Waals surface area contributed by atoms with Gasteiger partial charge in [-0.15, -0.1) is 0 Å². The van der Waals surface area contributed by atoms with Gasteiger partial charge in [-0.05, 0) is 59.3 Å². The monoisotopic (exact) mass is 508 g/mol. The first-order chi connectivity index (χ1) is 18.5. The number of aliphatic hydroxyl groups is 1. The van der Waals surface area contributed by atoms with Crippen molar-refractivity contribution in [3.8, 4) is 28.8 Å². The van der Waals surface area contributed by atoms with Gasteiger partial charge in [-0.1, -0.05) is 30.2 Å². The van der Waals surface area contributed by atoms with Crippen molar-refractivity contribution in [2.75, 3.05) is 0 Å². The molecule has 5 heterocycles. The zero-order valence-corrected chi connectivity index (χ0v) is 20.2. The molecule has 2 aliphatic heterocycles. The van der Waals surface area contributed by atoms with Gasteiger partial charge in [-0.25, -0.2) is 9.78 Å². The van der Waals surface area contributed by atoms with Gasteiger partial charge in [0.1, 0.15) is 12.4 Å². The van der Waals surface area contributed by atoms with Crippen LogP contribution in [-0.4, -0.2) is 40.8 Å². The molecule has 0 saturated carbocycles. The third kappa shape index (κ3) is 3.18. The van der Waals surface area contributed by atoms with Crippen molar-refractivity contribution in [3.63, 3.8) is 0 Å². The molecule has 188 valence electrons. The minimum atomic E-state index is -1.86. The van der Waals surface area contributed by atoms with Gasteiger partial charge in [0.05, 0.1) is 34.7 Å². The van der Waals surface area contributed by atoms with E-state index in [0.717, 1.165) is 16.6 Å². The van der Waals surface area contributed by atoms with Gasteiger partial charge in [0.15, 0.2) is 5.60 Å². The van der Waals surface area contributed by atoms with E-state index in [4.69, 9.17) is 14.5 Å². The highest BCUT2D eigenvalue weighted by molar-refractivity contribution is 5.87. The van der Waals surface area contributed by atoms with Crippen LogP contribution in [0.5, 0.6) is 11.8 Å². The third-order valence-corrected chi connectivity index (χ3v) is 7.13. The van der Waals surface area contributed by atoms with Crippen molar-refractivity contribution in [2.24, 2.45) is 0 Å². The normalized spacial score (nSPS) is 17.6. The smallest absolute Gasteiger partial charge is 0.345 e. The Morgan fingerprint density at radius 1 is 1.11 bits per heavy atom. The molecule has 11 nitrogen and oxygen atoms in total. The summed E-state index contributed by atoms with van der Waals surface area (Å²) >= 11 is 0. The number of nitrogens with zero attached hydrogens (tertiary/aromatic N) is 6. The van der Waals surface area contributed by atoms with E-state index in [9.17, 15) is 14.7 Å². The lowest BCUT2D eigenvalue weighted by Crippen LogP contribution is -2.44. The summed E-state index contributed by atoms with van der Waals surface area (Å²) < 4.78 is 14.2. The fourth-order valence-corrected chi connectivity index (χ4v) is 5.11. The van der Waals surface area contributed by atoms with E-state index < -0.39 is 11.6 Å². The van der Waals surface area contributed by atoms with Gasteiger partial charge in [0.25, 0.3) is 5.56 Å². The molecule has 1 N–H and O–H groups in total. The molecule has 0 bridgehead atoms. The molecule has 38 heavy (non-hydrogen) atoms. The van der Waals surface area contributed by atoms with Crippen molar-refractivity contribution in [1.29, 1.82) is 0 Å². The van der Waals surface area contributed by atoms with Gasteiger partial charge in [0, 0.05) is 16.5 Å². The highest BCUT2D eigenvalue weighted by Gasteiger charge is 2.45. The number of ether oxygens (including phenoxy) is 2. The summed E-state index contributed by atoms with van der Waals surface area (Å²) in [7, 11) is 0. The van der Waals surface area contributed by atoms with E-state index in [1.807, 2.05) is 48.5 Å². The van der Waals surface area contributed by atoms with E-state index in [2.05, 4.69) is 15.5 Å². The van der Waals surface area contributed by atoms with Crippen LogP contribution in [0, 0.1) is 0 Å². The first-order valence-electron chi connectivity index (χ1n) is 12.1. The van der Waals surface area contributed by atoms with Crippen LogP contribution >= 0.6 is 0 Å². The molecule has 0 fully saturated rings. The first-order valence-corrected chi connectivity index (χ1v) is 12.1. The topological polar surface area (TPSA) is 134 Å². The van der Waals surface area contributed by atoms with Crippen molar-refractivity contribution in [3.05, 3.63) is 87.7 Å². The van der Waals surface area contributed by atoms with Crippen molar-refractivity contribution in [1.82, 2.24) is 29.8 Å². The molecule has 0 radical (unpaired) electrons. The molecule has 1 atom stereocenters. The number of cyclic esters (lactones) is 1. The van der Waals surface area contributed by atoms with E-state index in [1.54, 1.807) is 23.6 Å². The number of fused-ring (bicyclic) bond motifs is 5. The lowest BCUT2D eigenvalue weighted by atomic mass is 9.86. The van der Waals surface area contributed by atoms with E-state index in [0.29, 0.717) is 40.3 Å². The Morgan fingerprint density at radius 2 is 1.95 bits per heavy atom. The molecule has 11 heteroatoms. The molecular weight excluding hydrogens is 488 g/mol. The standard InChI is InChI=1S/C27H20N6O5/c1-2-27(36)20-12-22-23-16(13-32(22)24(34)19(20)14-37-25(27)35)10-15-11-18(8-9-21(15)28-23)38-26-29-30-31-33(26)17-6-4-3-5-7-17/h3-12,36H,2,13-14H2,1H3/t27-/m0/s1. The van der Waals surface area contributed by atoms with Gasteiger partial charge in [-0.2, -0.15) is 4.68 Å². The van der Waals surface area contributed by atoms with Crippen molar-refractivity contribution < 1.29 is 19.4 Å². The number of carbonyl (C=O) groups excluding carboxylic acids is 1. The van der Waals surface area contributed by atoms with Crippen LogP contribution in [0.4, 0.5) is 0 Å². The fraction of sp³-hybridized carbons (Fsp3) is 0.185. The largest absolute Gasteiger partial charge is 0.458 e. The Balaban J connectivity index is 1.28.